The van der Waals surface area contributed by atoms with Crippen LogP contribution in [0.25, 0.3) is 0 Å². The lowest BCUT2D eigenvalue weighted by Crippen LogP contribution is -2.51. The van der Waals surface area contributed by atoms with Crippen LogP contribution in [0.15, 0.2) is 11.6 Å². The molecule has 0 saturated carbocycles. The maximum atomic E-state index is 12.3. The van der Waals surface area contributed by atoms with Crippen molar-refractivity contribution in [2.24, 2.45) is 5.92 Å². The first kappa shape index (κ1) is 13.5. The second kappa shape index (κ2) is 6.29. The Hall–Kier alpha value is -0.940. The molecule has 100 valence electrons. The smallest absolute Gasteiger partial charge is 0.237 e. The lowest BCUT2D eigenvalue weighted by atomic mass is 9.92. The van der Waals surface area contributed by atoms with E-state index < -0.39 is 0 Å². The summed E-state index contributed by atoms with van der Waals surface area (Å²) in [6, 6.07) is 0.00110. The van der Waals surface area contributed by atoms with E-state index in [0.29, 0.717) is 5.92 Å². The summed E-state index contributed by atoms with van der Waals surface area (Å²) < 4.78 is 0. The van der Waals surface area contributed by atoms with Crippen LogP contribution in [0.2, 0.25) is 0 Å². The Morgan fingerprint density at radius 2 is 2.56 bits per heavy atom. The molecule has 5 heteroatoms. The van der Waals surface area contributed by atoms with Crippen molar-refractivity contribution < 1.29 is 4.79 Å². The molecule has 4 nitrogen and oxygen atoms in total. The number of hydrogen-bond donors (Lipinski definition) is 2. The summed E-state index contributed by atoms with van der Waals surface area (Å²) in [6.07, 6.45) is 4.95. The van der Waals surface area contributed by atoms with Gasteiger partial charge in [0.25, 0.3) is 0 Å². The fraction of sp³-hybridized carbons (Fsp3) is 0.692. The first-order valence-electron chi connectivity index (χ1n) is 6.65. The molecule has 1 saturated heterocycles. The van der Waals surface area contributed by atoms with Gasteiger partial charge in [-0.15, -0.1) is 11.3 Å². The van der Waals surface area contributed by atoms with Crippen molar-refractivity contribution in [3.8, 4) is 0 Å². The molecule has 2 rings (SSSR count). The Morgan fingerprint density at radius 1 is 1.72 bits per heavy atom. The van der Waals surface area contributed by atoms with E-state index in [1.54, 1.807) is 17.5 Å². The van der Waals surface area contributed by atoms with Gasteiger partial charge in [0, 0.05) is 11.6 Å². The number of aromatic nitrogens is 1. The zero-order valence-corrected chi connectivity index (χ0v) is 11.8. The van der Waals surface area contributed by atoms with Gasteiger partial charge in [0.15, 0.2) is 0 Å². The normalized spacial score (nSPS) is 25.7. The zero-order chi connectivity index (χ0) is 13.0. The lowest BCUT2D eigenvalue weighted by Gasteiger charge is -2.30. The Bertz CT molecular complexity index is 380. The summed E-state index contributed by atoms with van der Waals surface area (Å²) in [7, 11) is 0. The predicted octanol–water partition coefficient (Wildman–Crippen LogP) is 2.10. The number of nitrogens with one attached hydrogen (secondary N) is 2. The number of carbonyl (C=O) groups is 1. The van der Waals surface area contributed by atoms with Crippen molar-refractivity contribution in [3.63, 3.8) is 0 Å². The third-order valence-electron chi connectivity index (χ3n) is 3.53. The van der Waals surface area contributed by atoms with E-state index in [1.807, 2.05) is 5.38 Å². The summed E-state index contributed by atoms with van der Waals surface area (Å²) in [5.41, 5.74) is 0. The van der Waals surface area contributed by atoms with Gasteiger partial charge in [-0.25, -0.2) is 4.98 Å². The fourth-order valence-corrected chi connectivity index (χ4v) is 3.18. The maximum absolute atomic E-state index is 12.3. The molecule has 2 heterocycles. The van der Waals surface area contributed by atoms with Crippen LogP contribution in [0.4, 0.5) is 0 Å². The lowest BCUT2D eigenvalue weighted by molar-refractivity contribution is -0.125. The number of thiazole rings is 1. The van der Waals surface area contributed by atoms with Crippen molar-refractivity contribution in [1.82, 2.24) is 15.6 Å². The highest BCUT2D eigenvalue weighted by atomic mass is 32.1. The molecule has 0 radical (unpaired) electrons. The number of carbonyl (C=O) groups excluding carboxylic acids is 1. The van der Waals surface area contributed by atoms with Crippen LogP contribution in [-0.4, -0.2) is 23.5 Å². The van der Waals surface area contributed by atoms with E-state index in [1.165, 1.54) is 0 Å². The Balaban J connectivity index is 1.97. The Morgan fingerprint density at radius 3 is 3.17 bits per heavy atom. The van der Waals surface area contributed by atoms with E-state index in [0.717, 1.165) is 30.8 Å². The number of piperidine rings is 1. The third kappa shape index (κ3) is 3.09. The quantitative estimate of drug-likeness (QED) is 0.878. The first-order chi connectivity index (χ1) is 8.72. The van der Waals surface area contributed by atoms with E-state index in [-0.39, 0.29) is 18.0 Å². The first-order valence-corrected chi connectivity index (χ1v) is 7.53. The molecule has 0 aromatic carbocycles. The average Bonchev–Trinajstić information content (AvgIpc) is 2.90. The highest BCUT2D eigenvalue weighted by Gasteiger charge is 2.29. The average molecular weight is 267 g/mol. The minimum atomic E-state index is -0.0484. The van der Waals surface area contributed by atoms with Crippen LogP contribution in [0.3, 0.4) is 0 Å². The number of rotatable bonds is 4. The monoisotopic (exact) mass is 267 g/mol. The van der Waals surface area contributed by atoms with Gasteiger partial charge in [0.2, 0.25) is 5.91 Å². The minimum absolute atomic E-state index is 0.0484. The van der Waals surface area contributed by atoms with Crippen LogP contribution in [-0.2, 0) is 4.79 Å². The molecule has 1 aliphatic rings. The highest BCUT2D eigenvalue weighted by Crippen LogP contribution is 2.21. The summed E-state index contributed by atoms with van der Waals surface area (Å²) in [4.78, 5) is 16.6. The summed E-state index contributed by atoms with van der Waals surface area (Å²) in [5, 5.41) is 9.37. The summed E-state index contributed by atoms with van der Waals surface area (Å²) in [5.74, 6) is 0.525. The van der Waals surface area contributed by atoms with Crippen LogP contribution < -0.4 is 10.6 Å². The molecule has 0 aliphatic carbocycles. The molecule has 1 aromatic heterocycles. The predicted molar refractivity (Wildman–Crippen MR) is 73.5 cm³/mol. The Kier molecular flexibility index (Phi) is 4.72. The van der Waals surface area contributed by atoms with Gasteiger partial charge in [-0.3, -0.25) is 4.79 Å². The molecule has 0 bridgehead atoms. The van der Waals surface area contributed by atoms with E-state index in [9.17, 15) is 4.79 Å². The second-order valence-corrected chi connectivity index (χ2v) is 5.82. The van der Waals surface area contributed by atoms with Crippen molar-refractivity contribution in [2.45, 2.75) is 45.2 Å². The van der Waals surface area contributed by atoms with Gasteiger partial charge in [0.1, 0.15) is 5.01 Å². The molecule has 3 atom stereocenters. The van der Waals surface area contributed by atoms with Gasteiger partial charge in [-0.05, 0) is 31.7 Å². The van der Waals surface area contributed by atoms with Crippen molar-refractivity contribution in [2.75, 3.05) is 6.54 Å². The summed E-state index contributed by atoms with van der Waals surface area (Å²) >= 11 is 1.60. The highest BCUT2D eigenvalue weighted by molar-refractivity contribution is 7.09. The molecule has 0 spiro atoms. The van der Waals surface area contributed by atoms with Gasteiger partial charge < -0.3 is 10.6 Å². The van der Waals surface area contributed by atoms with Gasteiger partial charge in [0.05, 0.1) is 12.1 Å². The number of hydrogen-bond acceptors (Lipinski definition) is 4. The molecule has 2 N–H and O–H groups in total. The molecular weight excluding hydrogens is 246 g/mol. The van der Waals surface area contributed by atoms with Gasteiger partial charge in [-0.1, -0.05) is 13.8 Å². The summed E-state index contributed by atoms with van der Waals surface area (Å²) in [6.45, 7) is 5.15. The van der Waals surface area contributed by atoms with Crippen molar-refractivity contribution in [3.05, 3.63) is 16.6 Å². The molecule has 1 aromatic rings. The SMILES string of the molecule is CCC(NC(=O)C1NCCCC1C)c1nccs1. The Labute approximate surface area is 112 Å². The third-order valence-corrected chi connectivity index (χ3v) is 4.42. The largest absolute Gasteiger partial charge is 0.346 e. The van der Waals surface area contributed by atoms with E-state index in [2.05, 4.69) is 29.5 Å². The standard InChI is InChI=1S/C13H21N3OS/c1-3-10(13-15-7-8-18-13)16-12(17)11-9(2)5-4-6-14-11/h7-11,14H,3-6H2,1-2H3,(H,16,17). The van der Waals surface area contributed by atoms with Crippen molar-refractivity contribution in [1.29, 1.82) is 0 Å². The molecule has 18 heavy (non-hydrogen) atoms. The van der Waals surface area contributed by atoms with Gasteiger partial charge in [-0.2, -0.15) is 0 Å². The van der Waals surface area contributed by atoms with Crippen LogP contribution in [0.1, 0.15) is 44.2 Å². The van der Waals surface area contributed by atoms with Gasteiger partial charge >= 0.3 is 0 Å². The van der Waals surface area contributed by atoms with Crippen LogP contribution in [0.5, 0.6) is 0 Å². The van der Waals surface area contributed by atoms with Crippen LogP contribution in [0, 0.1) is 5.92 Å². The fourth-order valence-electron chi connectivity index (χ4n) is 2.41. The van der Waals surface area contributed by atoms with E-state index >= 15 is 0 Å². The molecule has 3 unspecified atom stereocenters. The molecule has 1 aliphatic heterocycles. The second-order valence-electron chi connectivity index (χ2n) is 4.89. The molecule has 1 amide bonds. The van der Waals surface area contributed by atoms with E-state index in [4.69, 9.17) is 0 Å². The van der Waals surface area contributed by atoms with Crippen molar-refractivity contribution >= 4 is 17.2 Å². The number of nitrogens with zero attached hydrogens (tertiary/aromatic N) is 1. The molecule has 1 fully saturated rings. The minimum Gasteiger partial charge on any atom is -0.346 e. The topological polar surface area (TPSA) is 54.0 Å². The molecular formula is C13H21N3OS. The maximum Gasteiger partial charge on any atom is 0.237 e. The van der Waals surface area contributed by atoms with Crippen LogP contribution >= 0.6 is 11.3 Å². The zero-order valence-electron chi connectivity index (χ0n) is 11.0. The number of amides is 1.